The van der Waals surface area contributed by atoms with Gasteiger partial charge in [0.05, 0.1) is 17.5 Å². The molecule has 124 valence electrons. The summed E-state index contributed by atoms with van der Waals surface area (Å²) in [5, 5.41) is 3.46. The molecule has 0 atom stereocenters. The van der Waals surface area contributed by atoms with E-state index in [2.05, 4.69) is 5.32 Å². The van der Waals surface area contributed by atoms with Crippen molar-refractivity contribution in [2.24, 2.45) is 14.1 Å². The zero-order valence-corrected chi connectivity index (χ0v) is 14.5. The molecule has 1 heterocycles. The number of imidazole rings is 1. The molecule has 24 heavy (non-hydrogen) atoms. The van der Waals surface area contributed by atoms with Crippen molar-refractivity contribution < 1.29 is 4.79 Å². The average Bonchev–Trinajstić information content (AvgIpc) is 2.75. The topological polar surface area (TPSA) is 56.0 Å². The molecule has 0 saturated carbocycles. The van der Waals surface area contributed by atoms with Crippen molar-refractivity contribution in [1.82, 2.24) is 9.13 Å². The minimum Gasteiger partial charge on any atom is -0.326 e. The molecule has 1 amide bonds. The maximum atomic E-state index is 12.3. The first-order chi connectivity index (χ1) is 11.4. The second kappa shape index (κ2) is 6.17. The van der Waals surface area contributed by atoms with Gasteiger partial charge in [0.25, 0.3) is 0 Å². The summed E-state index contributed by atoms with van der Waals surface area (Å²) in [6.45, 7) is 1.91. The number of hydrogen-bond acceptors (Lipinski definition) is 2. The lowest BCUT2D eigenvalue weighted by Gasteiger charge is -2.09. The van der Waals surface area contributed by atoms with Crippen LogP contribution in [0.25, 0.3) is 11.0 Å². The number of aryl methyl sites for hydroxylation is 3. The minimum atomic E-state index is -0.124. The molecule has 5 nitrogen and oxygen atoms in total. The van der Waals surface area contributed by atoms with Crippen LogP contribution in [0.3, 0.4) is 0 Å². The van der Waals surface area contributed by atoms with Crippen molar-refractivity contribution in [3.05, 3.63) is 63.0 Å². The van der Waals surface area contributed by atoms with Crippen LogP contribution in [0.2, 0.25) is 5.02 Å². The molecule has 2 aromatic carbocycles. The van der Waals surface area contributed by atoms with E-state index in [-0.39, 0.29) is 18.0 Å². The number of anilines is 1. The van der Waals surface area contributed by atoms with E-state index in [1.807, 2.05) is 31.2 Å². The van der Waals surface area contributed by atoms with Crippen LogP contribution in [0.15, 0.2) is 41.2 Å². The standard InChI is InChI=1S/C18H18ClN3O2/c1-11-4-6-13(19)10-14(11)20-17(23)9-12-5-7-15-16(8-12)22(3)18(24)21(15)2/h4-8,10H,9H2,1-3H3,(H,20,23). The quantitative estimate of drug-likeness (QED) is 0.794. The molecule has 1 N–H and O–H groups in total. The maximum absolute atomic E-state index is 12.3. The first-order valence-corrected chi connectivity index (χ1v) is 7.95. The third kappa shape index (κ3) is 2.95. The molecule has 0 bridgehead atoms. The number of fused-ring (bicyclic) bond motifs is 1. The predicted octanol–water partition coefficient (Wildman–Crippen LogP) is 3.02. The predicted molar refractivity (Wildman–Crippen MR) is 96.7 cm³/mol. The van der Waals surface area contributed by atoms with E-state index in [0.29, 0.717) is 10.7 Å². The molecule has 0 spiro atoms. The van der Waals surface area contributed by atoms with E-state index in [4.69, 9.17) is 11.6 Å². The van der Waals surface area contributed by atoms with Crippen LogP contribution >= 0.6 is 11.6 Å². The Kier molecular flexibility index (Phi) is 4.20. The number of carbonyl (C=O) groups excluding carboxylic acids is 1. The van der Waals surface area contributed by atoms with Crippen molar-refractivity contribution in [3.8, 4) is 0 Å². The van der Waals surface area contributed by atoms with E-state index in [9.17, 15) is 9.59 Å². The molecule has 6 heteroatoms. The van der Waals surface area contributed by atoms with Crippen molar-refractivity contribution >= 4 is 34.2 Å². The van der Waals surface area contributed by atoms with Crippen molar-refractivity contribution in [2.45, 2.75) is 13.3 Å². The average molecular weight is 344 g/mol. The van der Waals surface area contributed by atoms with Crippen molar-refractivity contribution in [2.75, 3.05) is 5.32 Å². The number of amides is 1. The largest absolute Gasteiger partial charge is 0.328 e. The molecule has 0 aliphatic carbocycles. The van der Waals surface area contributed by atoms with Crippen molar-refractivity contribution in [3.63, 3.8) is 0 Å². The van der Waals surface area contributed by atoms with Gasteiger partial charge >= 0.3 is 5.69 Å². The summed E-state index contributed by atoms with van der Waals surface area (Å²) in [4.78, 5) is 24.3. The minimum absolute atomic E-state index is 0.0823. The fourth-order valence-electron chi connectivity index (χ4n) is 2.77. The van der Waals surface area contributed by atoms with Gasteiger partial charge in [0.15, 0.2) is 0 Å². The molecule has 0 saturated heterocycles. The normalized spacial score (nSPS) is 11.0. The fraction of sp³-hybridized carbons (Fsp3) is 0.222. The Morgan fingerprint density at radius 3 is 2.54 bits per heavy atom. The summed E-state index contributed by atoms with van der Waals surface area (Å²) in [5.74, 6) is -0.124. The SMILES string of the molecule is Cc1ccc(Cl)cc1NC(=O)Cc1ccc2c(c1)n(C)c(=O)n2C. The number of hydrogen-bond donors (Lipinski definition) is 1. The zero-order chi connectivity index (χ0) is 17.4. The molecule has 0 aliphatic heterocycles. The van der Waals surface area contributed by atoms with Gasteiger partial charge < -0.3 is 5.32 Å². The number of carbonyl (C=O) groups is 1. The summed E-state index contributed by atoms with van der Waals surface area (Å²) < 4.78 is 3.17. The Labute approximate surface area is 144 Å². The summed E-state index contributed by atoms with van der Waals surface area (Å²) >= 11 is 5.97. The zero-order valence-electron chi connectivity index (χ0n) is 13.8. The second-order valence-electron chi connectivity index (χ2n) is 5.91. The van der Waals surface area contributed by atoms with Gasteiger partial charge in [-0.05, 0) is 42.3 Å². The summed E-state index contributed by atoms with van der Waals surface area (Å²) in [7, 11) is 3.46. The van der Waals surface area contributed by atoms with Gasteiger partial charge in [-0.2, -0.15) is 0 Å². The summed E-state index contributed by atoms with van der Waals surface area (Å²) in [6, 6.07) is 11.0. The van der Waals surface area contributed by atoms with E-state index in [0.717, 1.165) is 22.2 Å². The van der Waals surface area contributed by atoms with E-state index < -0.39 is 0 Å². The molecule has 3 aromatic rings. The maximum Gasteiger partial charge on any atom is 0.328 e. The molecule has 3 rings (SSSR count). The van der Waals surface area contributed by atoms with Crippen LogP contribution in [0.5, 0.6) is 0 Å². The van der Waals surface area contributed by atoms with Crippen LogP contribution in [0, 0.1) is 6.92 Å². The van der Waals surface area contributed by atoms with Crippen LogP contribution in [-0.4, -0.2) is 15.0 Å². The smallest absolute Gasteiger partial charge is 0.326 e. The van der Waals surface area contributed by atoms with E-state index >= 15 is 0 Å². The first kappa shape index (κ1) is 16.3. The molecular weight excluding hydrogens is 326 g/mol. The number of rotatable bonds is 3. The van der Waals surface area contributed by atoms with E-state index in [1.54, 1.807) is 35.4 Å². The first-order valence-electron chi connectivity index (χ1n) is 7.57. The summed E-state index contributed by atoms with van der Waals surface area (Å²) in [5.41, 5.74) is 4.08. The van der Waals surface area contributed by atoms with Gasteiger partial charge in [-0.1, -0.05) is 23.7 Å². The third-order valence-corrected chi connectivity index (χ3v) is 4.41. The van der Waals surface area contributed by atoms with Gasteiger partial charge in [0.2, 0.25) is 5.91 Å². The lowest BCUT2D eigenvalue weighted by atomic mass is 10.1. The molecule has 0 radical (unpaired) electrons. The molecule has 0 aliphatic rings. The Morgan fingerprint density at radius 1 is 1.08 bits per heavy atom. The highest BCUT2D eigenvalue weighted by Gasteiger charge is 2.11. The van der Waals surface area contributed by atoms with Gasteiger partial charge in [0.1, 0.15) is 0 Å². The van der Waals surface area contributed by atoms with Crippen LogP contribution < -0.4 is 11.0 Å². The van der Waals surface area contributed by atoms with Gasteiger partial charge in [0, 0.05) is 24.8 Å². The molecule has 1 aromatic heterocycles. The lowest BCUT2D eigenvalue weighted by molar-refractivity contribution is -0.115. The van der Waals surface area contributed by atoms with Crippen LogP contribution in [0.4, 0.5) is 5.69 Å². The second-order valence-corrected chi connectivity index (χ2v) is 6.34. The highest BCUT2D eigenvalue weighted by Crippen LogP contribution is 2.21. The van der Waals surface area contributed by atoms with Crippen molar-refractivity contribution in [1.29, 1.82) is 0 Å². The Balaban J connectivity index is 1.84. The fourth-order valence-corrected chi connectivity index (χ4v) is 2.94. The number of nitrogens with zero attached hydrogens (tertiary/aromatic N) is 2. The van der Waals surface area contributed by atoms with Gasteiger partial charge in [-0.15, -0.1) is 0 Å². The molecule has 0 unspecified atom stereocenters. The lowest BCUT2D eigenvalue weighted by Crippen LogP contribution is -2.19. The highest BCUT2D eigenvalue weighted by molar-refractivity contribution is 6.31. The molecule has 0 fully saturated rings. The van der Waals surface area contributed by atoms with Crippen LogP contribution in [-0.2, 0) is 25.3 Å². The number of benzene rings is 2. The molecular formula is C18H18ClN3O2. The Hall–Kier alpha value is -2.53. The van der Waals surface area contributed by atoms with Gasteiger partial charge in [-0.25, -0.2) is 4.79 Å². The third-order valence-electron chi connectivity index (χ3n) is 4.17. The number of nitrogens with one attached hydrogen (secondary N) is 1. The number of aromatic nitrogens is 2. The monoisotopic (exact) mass is 343 g/mol. The van der Waals surface area contributed by atoms with E-state index in [1.165, 1.54) is 0 Å². The van der Waals surface area contributed by atoms with Crippen LogP contribution in [0.1, 0.15) is 11.1 Å². The summed E-state index contributed by atoms with van der Waals surface area (Å²) in [6.07, 6.45) is 0.227. The Bertz CT molecular complexity index is 1000. The number of halogens is 1. The Morgan fingerprint density at radius 2 is 1.79 bits per heavy atom. The highest BCUT2D eigenvalue weighted by atomic mass is 35.5. The van der Waals surface area contributed by atoms with Gasteiger partial charge in [-0.3, -0.25) is 13.9 Å².